The SMILES string of the molecule is Fc1ccccc1-c1c(Cl)ccc2c1CCC2. The first-order valence-corrected chi connectivity index (χ1v) is 6.20. The molecule has 1 aliphatic carbocycles. The lowest BCUT2D eigenvalue weighted by atomic mass is 9.96. The summed E-state index contributed by atoms with van der Waals surface area (Å²) in [4.78, 5) is 0. The van der Waals surface area contributed by atoms with Gasteiger partial charge >= 0.3 is 0 Å². The summed E-state index contributed by atoms with van der Waals surface area (Å²) < 4.78 is 13.9. The fourth-order valence-corrected chi connectivity index (χ4v) is 2.87. The Hall–Kier alpha value is -1.34. The number of aryl methyl sites for hydroxylation is 1. The largest absolute Gasteiger partial charge is 0.206 e. The van der Waals surface area contributed by atoms with Crippen LogP contribution in [0, 0.1) is 5.82 Å². The van der Waals surface area contributed by atoms with Gasteiger partial charge < -0.3 is 0 Å². The van der Waals surface area contributed by atoms with Gasteiger partial charge in [-0.05, 0) is 42.5 Å². The fraction of sp³-hybridized carbons (Fsp3) is 0.200. The second kappa shape index (κ2) is 4.15. The van der Waals surface area contributed by atoms with E-state index < -0.39 is 0 Å². The molecule has 0 aromatic heterocycles. The maximum absolute atomic E-state index is 13.9. The molecule has 0 saturated carbocycles. The first kappa shape index (κ1) is 10.8. The van der Waals surface area contributed by atoms with Crippen LogP contribution in [-0.2, 0) is 12.8 Å². The van der Waals surface area contributed by atoms with Crippen LogP contribution in [0.15, 0.2) is 36.4 Å². The number of fused-ring (bicyclic) bond motifs is 1. The molecule has 2 aromatic carbocycles. The predicted octanol–water partition coefficient (Wildman–Crippen LogP) is 4.63. The monoisotopic (exact) mass is 246 g/mol. The van der Waals surface area contributed by atoms with Crippen molar-refractivity contribution in [2.24, 2.45) is 0 Å². The molecule has 0 nitrogen and oxygen atoms in total. The molecular formula is C15H12ClF. The maximum atomic E-state index is 13.9. The lowest BCUT2D eigenvalue weighted by molar-refractivity contribution is 0.631. The molecule has 0 amide bonds. The van der Waals surface area contributed by atoms with Crippen molar-refractivity contribution in [3.8, 4) is 11.1 Å². The molecule has 1 aliphatic rings. The molecule has 2 heteroatoms. The van der Waals surface area contributed by atoms with E-state index in [0.717, 1.165) is 24.8 Å². The number of hydrogen-bond acceptors (Lipinski definition) is 0. The van der Waals surface area contributed by atoms with Crippen molar-refractivity contribution in [3.05, 3.63) is 58.4 Å². The normalized spacial score (nSPS) is 13.8. The summed E-state index contributed by atoms with van der Waals surface area (Å²) >= 11 is 6.25. The molecule has 0 bridgehead atoms. The average molecular weight is 247 g/mol. The summed E-state index contributed by atoms with van der Waals surface area (Å²) in [5, 5.41) is 0.649. The van der Waals surface area contributed by atoms with Crippen LogP contribution in [-0.4, -0.2) is 0 Å². The van der Waals surface area contributed by atoms with Crippen molar-refractivity contribution in [2.75, 3.05) is 0 Å². The van der Waals surface area contributed by atoms with Gasteiger partial charge in [0.1, 0.15) is 5.82 Å². The van der Waals surface area contributed by atoms with Gasteiger partial charge in [0.25, 0.3) is 0 Å². The van der Waals surface area contributed by atoms with Gasteiger partial charge in [-0.2, -0.15) is 0 Å². The minimum atomic E-state index is -0.199. The Bertz CT molecular complexity index is 575. The van der Waals surface area contributed by atoms with Crippen LogP contribution >= 0.6 is 11.6 Å². The number of hydrogen-bond donors (Lipinski definition) is 0. The standard InChI is InChI=1S/C15H12ClF/c16-13-9-8-10-4-3-6-11(10)15(13)12-5-1-2-7-14(12)17/h1-2,5,7-9H,3-4,6H2. The van der Waals surface area contributed by atoms with Crippen LogP contribution in [0.2, 0.25) is 5.02 Å². The molecule has 17 heavy (non-hydrogen) atoms. The minimum Gasteiger partial charge on any atom is -0.206 e. The summed E-state index contributed by atoms with van der Waals surface area (Å²) in [6.45, 7) is 0. The lowest BCUT2D eigenvalue weighted by Crippen LogP contribution is -1.92. The van der Waals surface area contributed by atoms with Crippen molar-refractivity contribution in [1.29, 1.82) is 0 Å². The number of benzene rings is 2. The smallest absolute Gasteiger partial charge is 0.131 e. The first-order valence-electron chi connectivity index (χ1n) is 5.82. The van der Waals surface area contributed by atoms with Gasteiger partial charge in [-0.15, -0.1) is 0 Å². The van der Waals surface area contributed by atoms with E-state index in [9.17, 15) is 4.39 Å². The molecular weight excluding hydrogens is 235 g/mol. The van der Waals surface area contributed by atoms with Crippen molar-refractivity contribution in [1.82, 2.24) is 0 Å². The number of halogens is 2. The van der Waals surface area contributed by atoms with Gasteiger partial charge in [0.15, 0.2) is 0 Å². The maximum Gasteiger partial charge on any atom is 0.131 e. The topological polar surface area (TPSA) is 0 Å². The third kappa shape index (κ3) is 1.75. The molecule has 0 radical (unpaired) electrons. The van der Waals surface area contributed by atoms with E-state index in [1.165, 1.54) is 17.2 Å². The van der Waals surface area contributed by atoms with E-state index in [2.05, 4.69) is 6.07 Å². The highest BCUT2D eigenvalue weighted by molar-refractivity contribution is 6.33. The molecule has 3 rings (SSSR count). The van der Waals surface area contributed by atoms with E-state index in [4.69, 9.17) is 11.6 Å². The first-order chi connectivity index (χ1) is 8.27. The highest BCUT2D eigenvalue weighted by Crippen LogP contribution is 2.38. The second-order valence-electron chi connectivity index (χ2n) is 4.39. The molecule has 0 heterocycles. The van der Waals surface area contributed by atoms with Gasteiger partial charge in [-0.25, -0.2) is 4.39 Å². The van der Waals surface area contributed by atoms with E-state index in [-0.39, 0.29) is 5.82 Å². The van der Waals surface area contributed by atoms with Crippen molar-refractivity contribution in [3.63, 3.8) is 0 Å². The summed E-state index contributed by atoms with van der Waals surface area (Å²) in [5.41, 5.74) is 4.05. The summed E-state index contributed by atoms with van der Waals surface area (Å²) in [6, 6.07) is 10.8. The second-order valence-corrected chi connectivity index (χ2v) is 4.80. The van der Waals surface area contributed by atoms with Crippen LogP contribution in [0.4, 0.5) is 4.39 Å². The van der Waals surface area contributed by atoms with Gasteiger partial charge in [-0.3, -0.25) is 0 Å². The third-order valence-electron chi connectivity index (χ3n) is 3.38. The Morgan fingerprint density at radius 2 is 1.82 bits per heavy atom. The quantitative estimate of drug-likeness (QED) is 0.688. The van der Waals surface area contributed by atoms with E-state index in [1.54, 1.807) is 12.1 Å². The Labute approximate surface area is 105 Å². The molecule has 0 aliphatic heterocycles. The Kier molecular flexibility index (Phi) is 2.64. The van der Waals surface area contributed by atoms with E-state index in [1.807, 2.05) is 12.1 Å². The van der Waals surface area contributed by atoms with Crippen molar-refractivity contribution < 1.29 is 4.39 Å². The third-order valence-corrected chi connectivity index (χ3v) is 3.69. The Morgan fingerprint density at radius 1 is 1.00 bits per heavy atom. The van der Waals surface area contributed by atoms with Crippen LogP contribution in [0.1, 0.15) is 17.5 Å². The summed E-state index contributed by atoms with van der Waals surface area (Å²) in [5.74, 6) is -0.199. The zero-order valence-electron chi connectivity index (χ0n) is 9.34. The van der Waals surface area contributed by atoms with Crippen LogP contribution in [0.25, 0.3) is 11.1 Å². The molecule has 0 spiro atoms. The average Bonchev–Trinajstić information content (AvgIpc) is 2.79. The van der Waals surface area contributed by atoms with Crippen LogP contribution < -0.4 is 0 Å². The Balaban J connectivity index is 2.28. The summed E-state index contributed by atoms with van der Waals surface area (Å²) in [7, 11) is 0. The zero-order chi connectivity index (χ0) is 11.8. The molecule has 2 aromatic rings. The molecule has 86 valence electrons. The van der Waals surface area contributed by atoms with Gasteiger partial charge in [0.2, 0.25) is 0 Å². The molecule has 0 saturated heterocycles. The van der Waals surface area contributed by atoms with E-state index >= 15 is 0 Å². The highest BCUT2D eigenvalue weighted by atomic mass is 35.5. The highest BCUT2D eigenvalue weighted by Gasteiger charge is 2.19. The Morgan fingerprint density at radius 3 is 2.65 bits per heavy atom. The number of rotatable bonds is 1. The van der Waals surface area contributed by atoms with Crippen molar-refractivity contribution in [2.45, 2.75) is 19.3 Å². The zero-order valence-corrected chi connectivity index (χ0v) is 10.1. The predicted molar refractivity (Wildman–Crippen MR) is 68.9 cm³/mol. The molecule has 0 N–H and O–H groups in total. The van der Waals surface area contributed by atoms with Crippen LogP contribution in [0.3, 0.4) is 0 Å². The molecule has 0 fully saturated rings. The molecule has 0 atom stereocenters. The van der Waals surface area contributed by atoms with Crippen LogP contribution in [0.5, 0.6) is 0 Å². The van der Waals surface area contributed by atoms with Gasteiger partial charge in [-0.1, -0.05) is 35.9 Å². The minimum absolute atomic E-state index is 0.199. The summed E-state index contributed by atoms with van der Waals surface area (Å²) in [6.07, 6.45) is 3.21. The molecule has 0 unspecified atom stereocenters. The lowest BCUT2D eigenvalue weighted by Gasteiger charge is -2.11. The fourth-order valence-electron chi connectivity index (χ4n) is 2.59. The van der Waals surface area contributed by atoms with Gasteiger partial charge in [0, 0.05) is 16.1 Å². The van der Waals surface area contributed by atoms with Crippen molar-refractivity contribution >= 4 is 11.6 Å². The van der Waals surface area contributed by atoms with E-state index in [0.29, 0.717) is 10.6 Å². The van der Waals surface area contributed by atoms with Gasteiger partial charge in [0.05, 0.1) is 0 Å².